The van der Waals surface area contributed by atoms with Crippen molar-refractivity contribution >= 4 is 23.4 Å². The number of carbonyl (C=O) groups is 2. The van der Waals surface area contributed by atoms with Crippen LogP contribution in [0.2, 0.25) is 5.02 Å². The number of amides is 2. The number of carbonyl (C=O) groups excluding carboxylic acids is 2. The molecule has 27 heavy (non-hydrogen) atoms. The Kier molecular flexibility index (Phi) is 6.79. The molecule has 0 aliphatic carbocycles. The SMILES string of the molecule is CC(C)[C@](C)(C#N)NC(=O)CN1CCN(C(=O)c2cc(Cl)ccc2F)CC1. The van der Waals surface area contributed by atoms with E-state index in [0.717, 1.165) is 0 Å². The van der Waals surface area contributed by atoms with Crippen LogP contribution >= 0.6 is 11.6 Å². The second-order valence-electron chi connectivity index (χ2n) is 7.21. The minimum atomic E-state index is -0.918. The van der Waals surface area contributed by atoms with Crippen LogP contribution in [-0.2, 0) is 4.79 Å². The Balaban J connectivity index is 1.90. The summed E-state index contributed by atoms with van der Waals surface area (Å²) in [7, 11) is 0. The fourth-order valence-electron chi connectivity index (χ4n) is 2.77. The first-order valence-electron chi connectivity index (χ1n) is 8.85. The zero-order valence-corrected chi connectivity index (χ0v) is 16.5. The first-order chi connectivity index (χ1) is 12.7. The highest BCUT2D eigenvalue weighted by Gasteiger charge is 2.31. The van der Waals surface area contributed by atoms with Gasteiger partial charge in [0, 0.05) is 31.2 Å². The van der Waals surface area contributed by atoms with Crippen molar-refractivity contribution in [3.8, 4) is 6.07 Å². The van der Waals surface area contributed by atoms with Gasteiger partial charge in [-0.25, -0.2) is 4.39 Å². The van der Waals surface area contributed by atoms with Gasteiger partial charge < -0.3 is 10.2 Å². The lowest BCUT2D eigenvalue weighted by Gasteiger charge is -2.35. The summed E-state index contributed by atoms with van der Waals surface area (Å²) in [4.78, 5) is 28.2. The molecule has 0 spiro atoms. The molecule has 1 aliphatic rings. The van der Waals surface area contributed by atoms with E-state index in [0.29, 0.717) is 31.2 Å². The van der Waals surface area contributed by atoms with Gasteiger partial charge in [0.15, 0.2) is 0 Å². The normalized spacial score (nSPS) is 17.3. The molecule has 6 nitrogen and oxygen atoms in total. The van der Waals surface area contributed by atoms with E-state index < -0.39 is 17.3 Å². The van der Waals surface area contributed by atoms with Gasteiger partial charge in [-0.3, -0.25) is 14.5 Å². The Bertz CT molecular complexity index is 757. The summed E-state index contributed by atoms with van der Waals surface area (Å²) in [5.74, 6) is -1.26. The highest BCUT2D eigenvalue weighted by atomic mass is 35.5. The first kappa shape index (κ1) is 21.1. The predicted octanol–water partition coefficient (Wildman–Crippen LogP) is 2.29. The number of rotatable bonds is 5. The van der Waals surface area contributed by atoms with E-state index in [1.165, 1.54) is 18.2 Å². The largest absolute Gasteiger partial charge is 0.337 e. The molecule has 1 N–H and O–H groups in total. The molecule has 1 aromatic carbocycles. The van der Waals surface area contributed by atoms with Gasteiger partial charge in [0.05, 0.1) is 18.2 Å². The molecule has 1 aromatic rings. The van der Waals surface area contributed by atoms with E-state index in [2.05, 4.69) is 11.4 Å². The van der Waals surface area contributed by atoms with Crippen molar-refractivity contribution in [1.29, 1.82) is 5.26 Å². The lowest BCUT2D eigenvalue weighted by Crippen LogP contribution is -2.55. The number of nitrogens with zero attached hydrogens (tertiary/aromatic N) is 3. The van der Waals surface area contributed by atoms with E-state index in [-0.39, 0.29) is 23.9 Å². The predicted molar refractivity (Wildman–Crippen MR) is 101 cm³/mol. The molecule has 0 saturated carbocycles. The molecule has 1 saturated heterocycles. The Labute approximate surface area is 163 Å². The monoisotopic (exact) mass is 394 g/mol. The zero-order valence-electron chi connectivity index (χ0n) is 15.8. The molecule has 0 aromatic heterocycles. The summed E-state index contributed by atoms with van der Waals surface area (Å²) in [5, 5.41) is 12.4. The molecule has 2 rings (SSSR count). The Morgan fingerprint density at radius 3 is 2.52 bits per heavy atom. The van der Waals surface area contributed by atoms with Gasteiger partial charge >= 0.3 is 0 Å². The third-order valence-corrected chi connectivity index (χ3v) is 5.21. The molecule has 8 heteroatoms. The van der Waals surface area contributed by atoms with Gasteiger partial charge in [0.25, 0.3) is 5.91 Å². The maximum absolute atomic E-state index is 13.9. The Morgan fingerprint density at radius 1 is 1.33 bits per heavy atom. The van der Waals surface area contributed by atoms with E-state index in [9.17, 15) is 19.2 Å². The van der Waals surface area contributed by atoms with Gasteiger partial charge in [-0.05, 0) is 31.0 Å². The molecule has 0 unspecified atom stereocenters. The molecule has 0 radical (unpaired) electrons. The Morgan fingerprint density at radius 2 is 1.96 bits per heavy atom. The standard InChI is InChI=1S/C19H24ClFN4O2/c1-13(2)19(3,12-22)23-17(26)11-24-6-8-25(9-7-24)18(27)15-10-14(20)4-5-16(15)21/h4-5,10,13H,6-9,11H2,1-3H3,(H,23,26)/t19-/m0/s1. The van der Waals surface area contributed by atoms with E-state index in [1.54, 1.807) is 11.8 Å². The fourth-order valence-corrected chi connectivity index (χ4v) is 2.95. The molecule has 1 fully saturated rings. The van der Waals surface area contributed by atoms with Gasteiger partial charge in [-0.1, -0.05) is 25.4 Å². The number of nitriles is 1. The van der Waals surface area contributed by atoms with Crippen LogP contribution in [0.4, 0.5) is 4.39 Å². The maximum atomic E-state index is 13.9. The van der Waals surface area contributed by atoms with Crippen molar-refractivity contribution in [3.63, 3.8) is 0 Å². The third-order valence-electron chi connectivity index (χ3n) is 4.97. The number of benzene rings is 1. The van der Waals surface area contributed by atoms with Crippen LogP contribution < -0.4 is 5.32 Å². The molecule has 146 valence electrons. The highest BCUT2D eigenvalue weighted by Crippen LogP contribution is 2.18. The second kappa shape index (κ2) is 8.68. The van der Waals surface area contributed by atoms with E-state index >= 15 is 0 Å². The number of nitrogens with one attached hydrogen (secondary N) is 1. The van der Waals surface area contributed by atoms with Crippen LogP contribution in [-0.4, -0.2) is 59.9 Å². The summed E-state index contributed by atoms with van der Waals surface area (Å²) < 4.78 is 13.9. The van der Waals surface area contributed by atoms with Crippen LogP contribution in [0.5, 0.6) is 0 Å². The quantitative estimate of drug-likeness (QED) is 0.831. The topological polar surface area (TPSA) is 76.4 Å². The van der Waals surface area contributed by atoms with Crippen LogP contribution in [0.25, 0.3) is 0 Å². The first-order valence-corrected chi connectivity index (χ1v) is 9.23. The van der Waals surface area contributed by atoms with Gasteiger partial charge in [0.1, 0.15) is 11.4 Å². The van der Waals surface area contributed by atoms with Gasteiger partial charge in [-0.2, -0.15) is 5.26 Å². The molecule has 0 bridgehead atoms. The maximum Gasteiger partial charge on any atom is 0.256 e. The van der Waals surface area contributed by atoms with Crippen molar-refractivity contribution in [3.05, 3.63) is 34.6 Å². The molecule has 1 heterocycles. The highest BCUT2D eigenvalue weighted by molar-refractivity contribution is 6.31. The number of halogens is 2. The summed E-state index contributed by atoms with van der Waals surface area (Å²) in [6, 6.07) is 6.05. The smallest absolute Gasteiger partial charge is 0.256 e. The van der Waals surface area contributed by atoms with Crippen molar-refractivity contribution in [2.24, 2.45) is 5.92 Å². The van der Waals surface area contributed by atoms with Crippen LogP contribution in [0, 0.1) is 23.1 Å². The van der Waals surface area contributed by atoms with Crippen molar-refractivity contribution in [1.82, 2.24) is 15.1 Å². The average Bonchev–Trinajstić information content (AvgIpc) is 2.63. The minimum absolute atomic E-state index is 0.0199. The lowest BCUT2D eigenvalue weighted by molar-refractivity contribution is -0.124. The van der Waals surface area contributed by atoms with Crippen LogP contribution in [0.1, 0.15) is 31.1 Å². The zero-order chi connectivity index (χ0) is 20.2. The van der Waals surface area contributed by atoms with Crippen molar-refractivity contribution in [2.45, 2.75) is 26.3 Å². The summed E-state index contributed by atoms with van der Waals surface area (Å²) >= 11 is 5.85. The van der Waals surface area contributed by atoms with E-state index in [4.69, 9.17) is 11.6 Å². The summed E-state index contributed by atoms with van der Waals surface area (Å²) in [5.41, 5.74) is -0.964. The van der Waals surface area contributed by atoms with Crippen LogP contribution in [0.3, 0.4) is 0 Å². The summed E-state index contributed by atoms with van der Waals surface area (Å²) in [6.07, 6.45) is 0. The molecule has 1 atom stereocenters. The lowest BCUT2D eigenvalue weighted by atomic mass is 9.90. The Hall–Kier alpha value is -2.17. The molecule has 2 amide bonds. The number of piperazine rings is 1. The van der Waals surface area contributed by atoms with Crippen molar-refractivity contribution < 1.29 is 14.0 Å². The fraction of sp³-hybridized carbons (Fsp3) is 0.526. The molecule has 1 aliphatic heterocycles. The molecular weight excluding hydrogens is 371 g/mol. The summed E-state index contributed by atoms with van der Waals surface area (Å²) in [6.45, 7) is 7.36. The number of hydrogen-bond acceptors (Lipinski definition) is 4. The van der Waals surface area contributed by atoms with Gasteiger partial charge in [-0.15, -0.1) is 0 Å². The molecular formula is C19H24ClFN4O2. The van der Waals surface area contributed by atoms with Gasteiger partial charge in [0.2, 0.25) is 5.91 Å². The second-order valence-corrected chi connectivity index (χ2v) is 7.65. The van der Waals surface area contributed by atoms with E-state index in [1.807, 2.05) is 18.7 Å². The van der Waals surface area contributed by atoms with Crippen molar-refractivity contribution in [2.75, 3.05) is 32.7 Å². The minimum Gasteiger partial charge on any atom is -0.337 e. The van der Waals surface area contributed by atoms with Crippen LogP contribution in [0.15, 0.2) is 18.2 Å². The average molecular weight is 395 g/mol. The number of hydrogen-bond donors (Lipinski definition) is 1. The third kappa shape index (κ3) is 5.18.